The minimum Gasteiger partial charge on any atom is -0.493 e. The number of hydrogen-bond donors (Lipinski definition) is 2. The Hall–Kier alpha value is -3.47. The van der Waals surface area contributed by atoms with Gasteiger partial charge < -0.3 is 20.1 Å². The first-order valence-electron chi connectivity index (χ1n) is 9.09. The van der Waals surface area contributed by atoms with Crippen LogP contribution in [-0.2, 0) is 6.42 Å². The Labute approximate surface area is 185 Å². The normalized spacial score (nSPS) is 10.5. The Bertz CT molecular complexity index is 1100. The van der Waals surface area contributed by atoms with Crippen LogP contribution in [0.5, 0.6) is 11.5 Å². The van der Waals surface area contributed by atoms with Gasteiger partial charge in [-0.3, -0.25) is 10.1 Å². The fourth-order valence-corrected chi connectivity index (χ4v) is 3.19. The van der Waals surface area contributed by atoms with Crippen LogP contribution >= 0.6 is 15.9 Å². The van der Waals surface area contributed by atoms with Crippen LogP contribution in [0.25, 0.3) is 0 Å². The van der Waals surface area contributed by atoms with Crippen LogP contribution in [-0.4, -0.2) is 35.7 Å². The average Bonchev–Trinajstić information content (AvgIpc) is 2.75. The van der Waals surface area contributed by atoms with E-state index in [2.05, 4.69) is 36.5 Å². The van der Waals surface area contributed by atoms with E-state index in [-0.39, 0.29) is 23.0 Å². The van der Waals surface area contributed by atoms with Gasteiger partial charge in [-0.1, -0.05) is 22.0 Å². The molecule has 0 radical (unpaired) electrons. The predicted molar refractivity (Wildman–Crippen MR) is 118 cm³/mol. The highest BCUT2D eigenvalue weighted by Crippen LogP contribution is 2.32. The number of ether oxygens (including phenoxy) is 2. The Morgan fingerprint density at radius 1 is 1.10 bits per heavy atom. The SMILES string of the molecule is COc1ccc(CCNc2ncnc(Nc3ccc(Br)cc3F)c2[N+](=O)[O-])cc1OC. The molecule has 0 saturated heterocycles. The first kappa shape index (κ1) is 22.2. The van der Waals surface area contributed by atoms with Crippen molar-refractivity contribution in [3.05, 3.63) is 68.7 Å². The topological polar surface area (TPSA) is 111 Å². The molecule has 3 aromatic rings. The van der Waals surface area contributed by atoms with Crippen molar-refractivity contribution in [3.8, 4) is 11.5 Å². The molecule has 3 rings (SSSR count). The van der Waals surface area contributed by atoms with Gasteiger partial charge in [0.25, 0.3) is 0 Å². The van der Waals surface area contributed by atoms with E-state index < -0.39 is 10.7 Å². The molecule has 0 saturated carbocycles. The molecular formula is C20H19BrFN5O4. The molecule has 31 heavy (non-hydrogen) atoms. The molecule has 1 aromatic heterocycles. The number of rotatable bonds is 9. The number of anilines is 3. The third-order valence-corrected chi connectivity index (χ3v) is 4.84. The lowest BCUT2D eigenvalue weighted by Gasteiger charge is -2.12. The van der Waals surface area contributed by atoms with E-state index >= 15 is 0 Å². The Morgan fingerprint density at radius 3 is 2.52 bits per heavy atom. The summed E-state index contributed by atoms with van der Waals surface area (Å²) in [6, 6.07) is 9.81. The molecule has 1 heterocycles. The molecule has 0 fully saturated rings. The summed E-state index contributed by atoms with van der Waals surface area (Å²) in [6.07, 6.45) is 1.72. The second-order valence-electron chi connectivity index (χ2n) is 6.29. The van der Waals surface area contributed by atoms with Crippen molar-refractivity contribution in [1.29, 1.82) is 0 Å². The largest absolute Gasteiger partial charge is 0.493 e. The molecule has 0 spiro atoms. The lowest BCUT2D eigenvalue weighted by atomic mass is 10.1. The fourth-order valence-electron chi connectivity index (χ4n) is 2.85. The Kier molecular flexibility index (Phi) is 7.19. The van der Waals surface area contributed by atoms with Crippen LogP contribution in [0.2, 0.25) is 0 Å². The van der Waals surface area contributed by atoms with Crippen LogP contribution in [0.3, 0.4) is 0 Å². The number of halogens is 2. The number of methoxy groups -OCH3 is 2. The summed E-state index contributed by atoms with van der Waals surface area (Å²) in [7, 11) is 3.10. The van der Waals surface area contributed by atoms with E-state index in [0.717, 1.165) is 5.56 Å². The van der Waals surface area contributed by atoms with Crippen molar-refractivity contribution in [1.82, 2.24) is 9.97 Å². The van der Waals surface area contributed by atoms with Gasteiger partial charge in [0.05, 0.1) is 24.8 Å². The zero-order valence-electron chi connectivity index (χ0n) is 16.7. The number of nitrogens with one attached hydrogen (secondary N) is 2. The molecule has 162 valence electrons. The summed E-state index contributed by atoms with van der Waals surface area (Å²) in [5.74, 6) is 0.540. The van der Waals surface area contributed by atoms with Crippen LogP contribution < -0.4 is 20.1 Å². The number of hydrogen-bond acceptors (Lipinski definition) is 8. The van der Waals surface area contributed by atoms with E-state index in [1.54, 1.807) is 26.4 Å². The summed E-state index contributed by atoms with van der Waals surface area (Å²) in [6.45, 7) is 0.361. The van der Waals surface area contributed by atoms with Crippen LogP contribution in [0.1, 0.15) is 5.56 Å². The molecule has 11 heteroatoms. The third-order valence-electron chi connectivity index (χ3n) is 4.34. The van der Waals surface area contributed by atoms with Gasteiger partial charge >= 0.3 is 5.69 Å². The summed E-state index contributed by atoms with van der Waals surface area (Å²) >= 11 is 3.17. The molecule has 2 N–H and O–H groups in total. The van der Waals surface area contributed by atoms with Gasteiger partial charge in [0.2, 0.25) is 11.6 Å². The summed E-state index contributed by atoms with van der Waals surface area (Å²) in [5.41, 5.74) is 0.621. The minimum absolute atomic E-state index is 0.0282. The van der Waals surface area contributed by atoms with Crippen LogP contribution in [0.15, 0.2) is 47.2 Å². The van der Waals surface area contributed by atoms with Gasteiger partial charge in [-0.15, -0.1) is 0 Å². The fraction of sp³-hybridized carbons (Fsp3) is 0.200. The van der Waals surface area contributed by atoms with Crippen molar-refractivity contribution in [2.75, 3.05) is 31.4 Å². The highest BCUT2D eigenvalue weighted by molar-refractivity contribution is 9.10. The average molecular weight is 492 g/mol. The van der Waals surface area contributed by atoms with E-state index in [4.69, 9.17) is 9.47 Å². The maximum atomic E-state index is 14.1. The molecule has 0 aliphatic heterocycles. The molecule has 0 aliphatic rings. The van der Waals surface area contributed by atoms with Crippen molar-refractivity contribution in [2.45, 2.75) is 6.42 Å². The van der Waals surface area contributed by atoms with Gasteiger partial charge in [-0.05, 0) is 42.3 Å². The highest BCUT2D eigenvalue weighted by atomic mass is 79.9. The lowest BCUT2D eigenvalue weighted by Crippen LogP contribution is -2.11. The second-order valence-corrected chi connectivity index (χ2v) is 7.21. The number of nitro groups is 1. The van der Waals surface area contributed by atoms with Crippen molar-refractivity contribution in [3.63, 3.8) is 0 Å². The summed E-state index contributed by atoms with van der Waals surface area (Å²) in [5, 5.41) is 17.3. The first-order chi connectivity index (χ1) is 14.9. The Morgan fingerprint density at radius 2 is 1.84 bits per heavy atom. The number of aromatic nitrogens is 2. The zero-order chi connectivity index (χ0) is 22.4. The molecule has 0 atom stereocenters. The van der Waals surface area contributed by atoms with Gasteiger partial charge in [0.15, 0.2) is 11.5 Å². The highest BCUT2D eigenvalue weighted by Gasteiger charge is 2.23. The third kappa shape index (κ3) is 5.37. The van der Waals surface area contributed by atoms with Gasteiger partial charge in [-0.25, -0.2) is 14.4 Å². The van der Waals surface area contributed by atoms with Crippen molar-refractivity contribution < 1.29 is 18.8 Å². The lowest BCUT2D eigenvalue weighted by molar-refractivity contribution is -0.383. The van der Waals surface area contributed by atoms with Gasteiger partial charge in [-0.2, -0.15) is 0 Å². The quantitative estimate of drug-likeness (QED) is 0.327. The van der Waals surface area contributed by atoms with Crippen LogP contribution in [0, 0.1) is 15.9 Å². The molecule has 9 nitrogen and oxygen atoms in total. The minimum atomic E-state index is -0.613. The maximum Gasteiger partial charge on any atom is 0.353 e. The molecule has 0 unspecified atom stereocenters. The van der Waals surface area contributed by atoms with Crippen molar-refractivity contribution in [2.24, 2.45) is 0 Å². The monoisotopic (exact) mass is 491 g/mol. The van der Waals surface area contributed by atoms with E-state index in [1.807, 2.05) is 12.1 Å². The van der Waals surface area contributed by atoms with Crippen molar-refractivity contribution >= 4 is 38.9 Å². The first-order valence-corrected chi connectivity index (χ1v) is 9.88. The Balaban J connectivity index is 1.77. The molecule has 0 bridgehead atoms. The number of nitrogens with zero attached hydrogens (tertiary/aromatic N) is 3. The maximum absolute atomic E-state index is 14.1. The van der Waals surface area contributed by atoms with E-state index in [0.29, 0.717) is 28.9 Å². The molecule has 2 aromatic carbocycles. The summed E-state index contributed by atoms with van der Waals surface area (Å²) < 4.78 is 25.2. The van der Waals surface area contributed by atoms with Gasteiger partial charge in [0, 0.05) is 11.0 Å². The number of benzene rings is 2. The second kappa shape index (κ2) is 10.0. The van der Waals surface area contributed by atoms with Gasteiger partial charge in [0.1, 0.15) is 12.1 Å². The molecular weight excluding hydrogens is 473 g/mol. The van der Waals surface area contributed by atoms with Crippen LogP contribution in [0.4, 0.5) is 27.4 Å². The van der Waals surface area contributed by atoms with E-state index in [9.17, 15) is 14.5 Å². The molecule has 0 amide bonds. The smallest absolute Gasteiger partial charge is 0.353 e. The standard InChI is InChI=1S/C20H19BrFN5O4/c1-30-16-6-3-12(9-17(16)31-2)7-8-23-19-18(27(28)29)20(25-11-24-19)26-15-5-4-13(21)10-14(15)22/h3-6,9-11H,7-8H2,1-2H3,(H2,23,24,25,26). The zero-order valence-corrected chi connectivity index (χ0v) is 18.3. The summed E-state index contributed by atoms with van der Waals surface area (Å²) in [4.78, 5) is 19.0. The van der Waals surface area contributed by atoms with E-state index in [1.165, 1.54) is 18.5 Å². The predicted octanol–water partition coefficient (Wildman–Crippen LogP) is 4.70. The molecule has 0 aliphatic carbocycles.